The van der Waals surface area contributed by atoms with Gasteiger partial charge in [-0.1, -0.05) is 0 Å². The van der Waals surface area contributed by atoms with Gasteiger partial charge in [0, 0.05) is 25.2 Å². The van der Waals surface area contributed by atoms with Gasteiger partial charge >= 0.3 is 5.97 Å². The van der Waals surface area contributed by atoms with Gasteiger partial charge in [0.15, 0.2) is 0 Å². The summed E-state index contributed by atoms with van der Waals surface area (Å²) in [4.78, 5) is 13.1. The highest BCUT2D eigenvalue weighted by molar-refractivity contribution is 7.89. The predicted molar refractivity (Wildman–Crippen MR) is 73.6 cm³/mol. The van der Waals surface area contributed by atoms with Crippen LogP contribution in [-0.4, -0.2) is 60.9 Å². The summed E-state index contributed by atoms with van der Waals surface area (Å²) >= 11 is 0. The van der Waals surface area contributed by atoms with Crippen LogP contribution in [0.1, 0.15) is 29.8 Å². The van der Waals surface area contributed by atoms with E-state index in [2.05, 4.69) is 4.90 Å². The van der Waals surface area contributed by atoms with E-state index >= 15 is 0 Å². The van der Waals surface area contributed by atoms with Crippen molar-refractivity contribution in [2.75, 3.05) is 20.1 Å². The molecule has 2 fully saturated rings. The number of fused-ring (bicyclic) bond motifs is 2. The number of hydrogen-bond donors (Lipinski definition) is 1. The van der Waals surface area contributed by atoms with Gasteiger partial charge in [-0.15, -0.1) is 0 Å². The van der Waals surface area contributed by atoms with Crippen molar-refractivity contribution in [3.63, 3.8) is 0 Å². The highest BCUT2D eigenvalue weighted by Gasteiger charge is 2.39. The van der Waals surface area contributed by atoms with E-state index in [4.69, 9.17) is 9.52 Å². The van der Waals surface area contributed by atoms with E-state index in [0.29, 0.717) is 19.1 Å². The van der Waals surface area contributed by atoms with Gasteiger partial charge in [0.1, 0.15) is 0 Å². The van der Waals surface area contributed by atoms with Gasteiger partial charge in [-0.25, -0.2) is 13.2 Å². The Bertz CT molecular complexity index is 653. The maximum Gasteiger partial charge on any atom is 0.371 e. The maximum atomic E-state index is 12.6. The summed E-state index contributed by atoms with van der Waals surface area (Å²) in [5.41, 5.74) is 0. The molecule has 0 saturated carbocycles. The molecule has 8 heteroatoms. The molecule has 3 rings (SSSR count). The van der Waals surface area contributed by atoms with Crippen LogP contribution in [0.2, 0.25) is 0 Å². The molecular weight excluding hydrogens is 296 g/mol. The highest BCUT2D eigenvalue weighted by atomic mass is 32.2. The van der Waals surface area contributed by atoms with E-state index in [1.807, 2.05) is 7.05 Å². The molecule has 0 spiro atoms. The van der Waals surface area contributed by atoms with Crippen molar-refractivity contribution >= 4 is 16.0 Å². The van der Waals surface area contributed by atoms with E-state index in [9.17, 15) is 13.2 Å². The van der Waals surface area contributed by atoms with Crippen molar-refractivity contribution in [3.05, 3.63) is 17.9 Å². The smallest absolute Gasteiger partial charge is 0.371 e. The Morgan fingerprint density at radius 2 is 2.00 bits per heavy atom. The minimum atomic E-state index is -3.77. The maximum absolute atomic E-state index is 12.6. The van der Waals surface area contributed by atoms with Crippen LogP contribution in [0.25, 0.3) is 0 Å². The zero-order valence-electron chi connectivity index (χ0n) is 11.7. The third-order valence-corrected chi connectivity index (χ3v) is 6.24. The molecule has 2 unspecified atom stereocenters. The first-order valence-corrected chi connectivity index (χ1v) is 8.39. The predicted octanol–water partition coefficient (Wildman–Crippen LogP) is 0.835. The van der Waals surface area contributed by atoms with Crippen molar-refractivity contribution in [1.29, 1.82) is 0 Å². The fourth-order valence-corrected chi connectivity index (χ4v) is 4.60. The van der Waals surface area contributed by atoms with E-state index in [0.717, 1.165) is 19.3 Å². The van der Waals surface area contributed by atoms with E-state index in [-0.39, 0.29) is 16.9 Å². The van der Waals surface area contributed by atoms with Gasteiger partial charge in [-0.2, -0.15) is 4.31 Å². The molecule has 0 amide bonds. The zero-order valence-corrected chi connectivity index (χ0v) is 12.5. The molecule has 1 N–H and O–H groups in total. The molecule has 1 aromatic rings. The number of rotatable bonds is 3. The van der Waals surface area contributed by atoms with E-state index in [1.54, 1.807) is 0 Å². The summed E-state index contributed by atoms with van der Waals surface area (Å²) in [5.74, 6) is -1.63. The normalized spacial score (nSPS) is 27.7. The number of carbonyl (C=O) groups is 1. The Morgan fingerprint density at radius 1 is 1.29 bits per heavy atom. The highest BCUT2D eigenvalue weighted by Crippen LogP contribution is 2.31. The Hall–Kier alpha value is -1.38. The second-order valence-electron chi connectivity index (χ2n) is 5.63. The summed E-state index contributed by atoms with van der Waals surface area (Å²) in [5, 5.41) is 8.54. The number of furan rings is 1. The summed E-state index contributed by atoms with van der Waals surface area (Å²) in [6.07, 6.45) is 2.89. The third-order valence-electron chi connectivity index (χ3n) is 4.50. The van der Waals surface area contributed by atoms with E-state index < -0.39 is 16.0 Å². The summed E-state index contributed by atoms with van der Waals surface area (Å²) in [6, 6.07) is 3.04. The lowest BCUT2D eigenvalue weighted by atomic mass is 10.1. The molecule has 0 radical (unpaired) electrons. The quantitative estimate of drug-likeness (QED) is 0.889. The number of likely N-dealkylation sites (N-methyl/N-ethyl adjacent to an activating group) is 1. The first kappa shape index (κ1) is 14.6. The lowest BCUT2D eigenvalue weighted by molar-refractivity contribution is 0.0656. The molecule has 1 aromatic heterocycles. The van der Waals surface area contributed by atoms with Crippen LogP contribution in [0.5, 0.6) is 0 Å². The number of carboxylic acids is 1. The lowest BCUT2D eigenvalue weighted by Crippen LogP contribution is -2.39. The first-order valence-electron chi connectivity index (χ1n) is 6.95. The molecule has 0 aromatic carbocycles. The average molecular weight is 314 g/mol. The Kier molecular flexibility index (Phi) is 3.54. The summed E-state index contributed by atoms with van der Waals surface area (Å²) in [7, 11) is -1.73. The fourth-order valence-electron chi connectivity index (χ4n) is 3.20. The fraction of sp³-hybridized carbons (Fsp3) is 0.615. The van der Waals surface area contributed by atoms with Gasteiger partial charge in [0.05, 0.1) is 0 Å². The number of sulfonamides is 1. The number of hydrogen-bond acceptors (Lipinski definition) is 5. The Labute approximate surface area is 123 Å². The van der Waals surface area contributed by atoms with Gasteiger partial charge in [-0.05, 0) is 38.4 Å². The minimum Gasteiger partial charge on any atom is -0.475 e. The summed E-state index contributed by atoms with van der Waals surface area (Å²) < 4.78 is 31.5. The Balaban J connectivity index is 1.86. The third kappa shape index (κ3) is 2.47. The molecule has 2 atom stereocenters. The molecule has 116 valence electrons. The minimum absolute atomic E-state index is 0.223. The van der Waals surface area contributed by atoms with E-state index in [1.165, 1.54) is 16.4 Å². The topological polar surface area (TPSA) is 91.1 Å². The van der Waals surface area contributed by atoms with Gasteiger partial charge in [-0.3, -0.25) is 4.90 Å². The van der Waals surface area contributed by atoms with Crippen LogP contribution in [0.4, 0.5) is 0 Å². The second-order valence-corrected chi connectivity index (χ2v) is 7.49. The molecule has 0 aliphatic carbocycles. The van der Waals surface area contributed by atoms with Gasteiger partial charge < -0.3 is 9.52 Å². The lowest BCUT2D eigenvalue weighted by Gasteiger charge is -2.24. The van der Waals surface area contributed by atoms with Crippen LogP contribution in [0, 0.1) is 0 Å². The van der Waals surface area contributed by atoms with Crippen LogP contribution < -0.4 is 0 Å². The molecular formula is C13H18N2O5S. The molecule has 2 bridgehead atoms. The van der Waals surface area contributed by atoms with Crippen molar-refractivity contribution in [2.45, 2.75) is 36.4 Å². The van der Waals surface area contributed by atoms with Crippen molar-refractivity contribution in [1.82, 2.24) is 9.21 Å². The first-order chi connectivity index (χ1) is 9.89. The second kappa shape index (κ2) is 5.11. The largest absolute Gasteiger partial charge is 0.475 e. The van der Waals surface area contributed by atoms with Crippen LogP contribution in [0.15, 0.2) is 21.6 Å². The van der Waals surface area contributed by atoms with Gasteiger partial charge in [0.2, 0.25) is 10.9 Å². The van der Waals surface area contributed by atoms with Crippen molar-refractivity contribution in [2.24, 2.45) is 0 Å². The molecule has 7 nitrogen and oxygen atoms in total. The Morgan fingerprint density at radius 3 is 2.67 bits per heavy atom. The molecule has 2 aliphatic heterocycles. The van der Waals surface area contributed by atoms with Crippen LogP contribution in [-0.2, 0) is 10.0 Å². The number of aromatic carboxylic acids is 1. The average Bonchev–Trinajstić information content (AvgIpc) is 2.96. The van der Waals surface area contributed by atoms with Crippen LogP contribution >= 0.6 is 0 Å². The number of carboxylic acid groups (broad SMARTS) is 1. The number of nitrogens with zero attached hydrogens (tertiary/aromatic N) is 2. The van der Waals surface area contributed by atoms with Crippen molar-refractivity contribution < 1.29 is 22.7 Å². The SMILES string of the molecule is CN1C2CCC1CN(S(=O)(=O)c1ccc(C(=O)O)o1)CC2. The van der Waals surface area contributed by atoms with Crippen LogP contribution in [0.3, 0.4) is 0 Å². The standard InChI is InChI=1S/C13H18N2O5S/c1-14-9-2-3-10(14)8-15(7-6-9)21(18,19)12-5-4-11(20-12)13(16)17/h4-5,9-10H,2-3,6-8H2,1H3,(H,16,17). The molecule has 2 aliphatic rings. The molecule has 2 saturated heterocycles. The van der Waals surface area contributed by atoms with Gasteiger partial charge in [0.25, 0.3) is 10.0 Å². The molecule has 21 heavy (non-hydrogen) atoms. The van der Waals surface area contributed by atoms with Crippen molar-refractivity contribution in [3.8, 4) is 0 Å². The molecule has 3 heterocycles. The monoisotopic (exact) mass is 314 g/mol. The summed E-state index contributed by atoms with van der Waals surface area (Å²) in [6.45, 7) is 0.870. The zero-order chi connectivity index (χ0) is 15.2.